The van der Waals surface area contributed by atoms with Gasteiger partial charge in [0, 0.05) is 31.3 Å². The van der Waals surface area contributed by atoms with Gasteiger partial charge in [0.1, 0.15) is 0 Å². The molecule has 0 aliphatic heterocycles. The molecule has 158 valence electrons. The Hall–Kier alpha value is -3.52. The number of amides is 1. The molecule has 0 bridgehead atoms. The molecule has 0 fully saturated rings. The maximum Gasteiger partial charge on any atom is 0.254 e. The van der Waals surface area contributed by atoms with E-state index in [1.54, 1.807) is 59.4 Å². The van der Waals surface area contributed by atoms with E-state index >= 15 is 0 Å². The Morgan fingerprint density at radius 3 is 2.29 bits per heavy atom. The summed E-state index contributed by atoms with van der Waals surface area (Å²) in [7, 11) is -3.59. The lowest BCUT2D eigenvalue weighted by Crippen LogP contribution is -2.23. The lowest BCUT2D eigenvalue weighted by Gasteiger charge is -2.09. The van der Waals surface area contributed by atoms with E-state index in [9.17, 15) is 13.2 Å². The van der Waals surface area contributed by atoms with Gasteiger partial charge in [0.05, 0.1) is 15.4 Å². The van der Waals surface area contributed by atoms with Gasteiger partial charge in [-0.1, -0.05) is 38.1 Å². The number of fused-ring (bicyclic) bond motifs is 1. The summed E-state index contributed by atoms with van der Waals surface area (Å²) in [4.78, 5) is 21.0. The lowest BCUT2D eigenvalue weighted by molar-refractivity contribution is 0.0950. The zero-order valence-corrected chi connectivity index (χ0v) is 18.0. The molecule has 0 spiro atoms. The van der Waals surface area contributed by atoms with Crippen LogP contribution in [-0.2, 0) is 16.4 Å². The van der Waals surface area contributed by atoms with E-state index in [4.69, 9.17) is 0 Å². The van der Waals surface area contributed by atoms with E-state index in [-0.39, 0.29) is 22.2 Å². The number of rotatable bonds is 6. The highest BCUT2D eigenvalue weighted by Gasteiger charge is 2.18. The highest BCUT2D eigenvalue weighted by molar-refractivity contribution is 7.91. The molecule has 2 aromatic carbocycles. The number of sulfone groups is 1. The predicted molar refractivity (Wildman–Crippen MR) is 117 cm³/mol. The van der Waals surface area contributed by atoms with Crippen LogP contribution in [0, 0.1) is 0 Å². The van der Waals surface area contributed by atoms with Crippen molar-refractivity contribution in [3.63, 3.8) is 0 Å². The van der Waals surface area contributed by atoms with Crippen LogP contribution in [0.5, 0.6) is 0 Å². The third kappa shape index (κ3) is 4.34. The van der Waals surface area contributed by atoms with Gasteiger partial charge in [-0.2, -0.15) is 0 Å². The van der Waals surface area contributed by atoms with Gasteiger partial charge in [0.15, 0.2) is 0 Å². The number of nitrogens with zero attached hydrogens (tertiary/aromatic N) is 3. The summed E-state index contributed by atoms with van der Waals surface area (Å²) in [5, 5.41) is 2.82. The Kier molecular flexibility index (Phi) is 5.56. The monoisotopic (exact) mass is 434 g/mol. The smallest absolute Gasteiger partial charge is 0.254 e. The van der Waals surface area contributed by atoms with E-state index in [1.165, 1.54) is 6.20 Å². The molecule has 1 N–H and O–H groups in total. The second-order valence-corrected chi connectivity index (χ2v) is 9.48. The minimum Gasteiger partial charge on any atom is -0.348 e. The Balaban J connectivity index is 1.44. The zero-order chi connectivity index (χ0) is 22.0. The summed E-state index contributed by atoms with van der Waals surface area (Å²) in [6, 6.07) is 13.5. The van der Waals surface area contributed by atoms with Crippen LogP contribution in [-0.4, -0.2) is 28.7 Å². The van der Waals surface area contributed by atoms with E-state index in [0.29, 0.717) is 17.3 Å². The highest BCUT2D eigenvalue weighted by Crippen LogP contribution is 2.23. The van der Waals surface area contributed by atoms with E-state index < -0.39 is 9.84 Å². The number of benzene rings is 2. The minimum atomic E-state index is -3.59. The summed E-state index contributed by atoms with van der Waals surface area (Å²) in [5.41, 5.74) is 2.29. The first-order valence-electron chi connectivity index (χ1n) is 9.85. The molecule has 4 rings (SSSR count). The fourth-order valence-electron chi connectivity index (χ4n) is 3.17. The van der Waals surface area contributed by atoms with Crippen molar-refractivity contribution in [3.8, 4) is 0 Å². The number of carbonyl (C=O) groups excluding carboxylic acids is 1. The Morgan fingerprint density at radius 1 is 1.00 bits per heavy atom. The predicted octanol–water partition coefficient (Wildman–Crippen LogP) is 3.62. The molecule has 0 aliphatic rings. The van der Waals surface area contributed by atoms with Crippen molar-refractivity contribution in [1.29, 1.82) is 0 Å². The van der Waals surface area contributed by atoms with Crippen molar-refractivity contribution < 1.29 is 13.2 Å². The van der Waals surface area contributed by atoms with Crippen LogP contribution in [0.2, 0.25) is 0 Å². The molecule has 31 heavy (non-hydrogen) atoms. The van der Waals surface area contributed by atoms with Gasteiger partial charge < -0.3 is 5.32 Å². The number of aromatic nitrogens is 3. The first-order valence-corrected chi connectivity index (χ1v) is 11.3. The molecular formula is C23H22N4O3S. The third-order valence-corrected chi connectivity index (χ3v) is 6.84. The van der Waals surface area contributed by atoms with Crippen LogP contribution in [0.1, 0.15) is 41.3 Å². The maximum absolute atomic E-state index is 12.9. The topological polar surface area (TPSA) is 93.4 Å². The number of imidazole rings is 1. The van der Waals surface area contributed by atoms with Crippen molar-refractivity contribution in [1.82, 2.24) is 19.7 Å². The third-order valence-electron chi connectivity index (χ3n) is 5.05. The van der Waals surface area contributed by atoms with Gasteiger partial charge in [0.25, 0.3) is 5.91 Å². The lowest BCUT2D eigenvalue weighted by atomic mass is 10.0. The zero-order valence-electron chi connectivity index (χ0n) is 17.2. The van der Waals surface area contributed by atoms with Crippen LogP contribution >= 0.6 is 0 Å². The quantitative estimate of drug-likeness (QED) is 0.500. The molecule has 2 heterocycles. The fraction of sp³-hybridized carbons (Fsp3) is 0.174. The Labute approximate surface area is 180 Å². The molecule has 0 atom stereocenters. The Morgan fingerprint density at radius 2 is 1.65 bits per heavy atom. The molecule has 0 radical (unpaired) electrons. The van der Waals surface area contributed by atoms with Crippen molar-refractivity contribution in [2.75, 3.05) is 0 Å². The first kappa shape index (κ1) is 20.7. The number of nitrogens with one attached hydrogen (secondary N) is 1. The van der Waals surface area contributed by atoms with Crippen LogP contribution in [0.3, 0.4) is 0 Å². The fourth-order valence-corrected chi connectivity index (χ4v) is 4.43. The highest BCUT2D eigenvalue weighted by atomic mass is 32.2. The molecule has 1 amide bonds. The molecule has 2 aromatic heterocycles. The van der Waals surface area contributed by atoms with E-state index in [1.807, 2.05) is 12.1 Å². The normalized spacial score (nSPS) is 11.7. The van der Waals surface area contributed by atoms with Gasteiger partial charge in [-0.25, -0.2) is 18.4 Å². The maximum atomic E-state index is 12.9. The Bertz CT molecular complexity index is 1330. The van der Waals surface area contributed by atoms with Crippen LogP contribution in [0.25, 0.3) is 5.78 Å². The van der Waals surface area contributed by atoms with Crippen molar-refractivity contribution >= 4 is 21.5 Å². The summed E-state index contributed by atoms with van der Waals surface area (Å²) in [5.74, 6) is 0.584. The van der Waals surface area contributed by atoms with Gasteiger partial charge in [-0.05, 0) is 41.3 Å². The molecule has 0 saturated carbocycles. The summed E-state index contributed by atoms with van der Waals surface area (Å²) >= 11 is 0. The van der Waals surface area contributed by atoms with E-state index in [0.717, 1.165) is 11.1 Å². The first-order chi connectivity index (χ1) is 14.8. The molecular weight excluding hydrogens is 412 g/mol. The van der Waals surface area contributed by atoms with Crippen molar-refractivity contribution in [2.45, 2.75) is 36.1 Å². The van der Waals surface area contributed by atoms with Crippen molar-refractivity contribution in [2.24, 2.45) is 0 Å². The molecule has 8 heteroatoms. The van der Waals surface area contributed by atoms with Gasteiger partial charge >= 0.3 is 0 Å². The largest absolute Gasteiger partial charge is 0.348 e. The van der Waals surface area contributed by atoms with E-state index in [2.05, 4.69) is 29.1 Å². The molecule has 0 aliphatic carbocycles. The standard InChI is InChI=1S/C23H22N4O3S/c1-16(2)18-5-9-21(10-6-18)31(29,30)20-7-3-17(4-8-20)13-25-22(28)19-14-26-23-24-11-12-27(23)15-19/h3-12,14-16H,13H2,1-2H3,(H,25,28). The molecule has 0 saturated heterocycles. The van der Waals surface area contributed by atoms with Crippen LogP contribution in [0.15, 0.2) is 83.1 Å². The van der Waals surface area contributed by atoms with Gasteiger partial charge in [-0.3, -0.25) is 9.20 Å². The average molecular weight is 435 g/mol. The molecule has 7 nitrogen and oxygen atoms in total. The van der Waals surface area contributed by atoms with Crippen molar-refractivity contribution in [3.05, 3.63) is 90.0 Å². The number of carbonyl (C=O) groups is 1. The van der Waals surface area contributed by atoms with Gasteiger partial charge in [0.2, 0.25) is 15.6 Å². The second kappa shape index (κ2) is 8.31. The summed E-state index contributed by atoms with van der Waals surface area (Å²) < 4.78 is 27.4. The molecule has 0 unspecified atom stereocenters. The SMILES string of the molecule is CC(C)c1ccc(S(=O)(=O)c2ccc(CNC(=O)c3cnc4nccn4c3)cc2)cc1. The number of hydrogen-bond acceptors (Lipinski definition) is 5. The number of hydrogen-bond donors (Lipinski definition) is 1. The average Bonchev–Trinajstić information content (AvgIpc) is 3.25. The summed E-state index contributed by atoms with van der Waals surface area (Å²) in [6.45, 7) is 4.39. The molecule has 4 aromatic rings. The second-order valence-electron chi connectivity index (χ2n) is 7.53. The van der Waals surface area contributed by atoms with Gasteiger partial charge in [-0.15, -0.1) is 0 Å². The summed E-state index contributed by atoms with van der Waals surface area (Å²) in [6.07, 6.45) is 6.45. The van der Waals surface area contributed by atoms with Crippen LogP contribution in [0.4, 0.5) is 0 Å². The minimum absolute atomic E-state index is 0.217. The van der Waals surface area contributed by atoms with Crippen LogP contribution < -0.4 is 5.32 Å².